The van der Waals surface area contributed by atoms with Crippen LogP contribution in [0.4, 0.5) is 0 Å². The molecule has 0 aliphatic carbocycles. The Labute approximate surface area is 78.1 Å². The molecule has 2 rings (SSSR count). The Balaban J connectivity index is 2.34. The van der Waals surface area contributed by atoms with Crippen molar-refractivity contribution in [1.82, 2.24) is 0 Å². The topological polar surface area (TPSA) is 24.7 Å². The molecule has 66 valence electrons. The highest BCUT2D eigenvalue weighted by molar-refractivity contribution is 5.93. The lowest BCUT2D eigenvalue weighted by Gasteiger charge is -2.13. The monoisotopic (exact) mass is 172 g/mol. The van der Waals surface area contributed by atoms with Crippen molar-refractivity contribution in [3.63, 3.8) is 0 Å². The molecule has 1 atom stereocenters. The van der Waals surface area contributed by atoms with Gasteiger partial charge in [-0.25, -0.2) is 0 Å². The minimum Gasteiger partial charge on any atom is -0.285 e. The van der Waals surface area contributed by atoms with Crippen LogP contribution >= 0.6 is 0 Å². The molecule has 0 radical (unpaired) electrons. The zero-order valence-electron chi connectivity index (χ0n) is 7.64. The lowest BCUT2D eigenvalue weighted by molar-refractivity contribution is 0.951. The van der Waals surface area contributed by atoms with Gasteiger partial charge in [0.25, 0.3) is 0 Å². The van der Waals surface area contributed by atoms with Crippen LogP contribution in [0.2, 0.25) is 0 Å². The summed E-state index contributed by atoms with van der Waals surface area (Å²) < 4.78 is 0. The van der Waals surface area contributed by atoms with E-state index in [0.29, 0.717) is 0 Å². The van der Waals surface area contributed by atoms with Crippen LogP contribution < -0.4 is 0 Å². The second kappa shape index (κ2) is 3.52. The number of nitrogens with zero attached hydrogens (tertiary/aromatic N) is 2. The van der Waals surface area contributed by atoms with Gasteiger partial charge in [0.05, 0.1) is 6.04 Å². The first kappa shape index (κ1) is 8.17. The molecule has 13 heavy (non-hydrogen) atoms. The van der Waals surface area contributed by atoms with Gasteiger partial charge in [-0.1, -0.05) is 12.2 Å². The molecule has 0 fully saturated rings. The Morgan fingerprint density at radius 3 is 3.23 bits per heavy atom. The van der Waals surface area contributed by atoms with Crippen molar-refractivity contribution in [2.24, 2.45) is 9.98 Å². The quantitative estimate of drug-likeness (QED) is 0.535. The van der Waals surface area contributed by atoms with Crippen molar-refractivity contribution in [3.05, 3.63) is 36.1 Å². The third-order valence-corrected chi connectivity index (χ3v) is 2.13. The molecule has 2 aliphatic heterocycles. The Morgan fingerprint density at radius 1 is 1.38 bits per heavy atom. The Kier molecular flexibility index (Phi) is 2.21. The van der Waals surface area contributed by atoms with Crippen LogP contribution in [-0.4, -0.2) is 18.0 Å². The molecule has 0 aromatic rings. The maximum absolute atomic E-state index is 4.38. The molecule has 2 aliphatic rings. The largest absolute Gasteiger partial charge is 0.285 e. The van der Waals surface area contributed by atoms with E-state index in [1.807, 2.05) is 31.5 Å². The van der Waals surface area contributed by atoms with Gasteiger partial charge >= 0.3 is 0 Å². The molecular weight excluding hydrogens is 160 g/mol. The Hall–Kier alpha value is -1.44. The number of rotatable bonds is 0. The van der Waals surface area contributed by atoms with Gasteiger partial charge in [-0.2, -0.15) is 0 Å². The number of hydrogen-bond donors (Lipinski definition) is 0. The average molecular weight is 172 g/mol. The fraction of sp³-hybridized carbons (Fsp3) is 0.273. The maximum atomic E-state index is 4.38. The molecule has 2 heteroatoms. The van der Waals surface area contributed by atoms with Crippen molar-refractivity contribution in [1.29, 1.82) is 0 Å². The predicted octanol–water partition coefficient (Wildman–Crippen LogP) is 2.30. The van der Waals surface area contributed by atoms with Crippen LogP contribution in [0.1, 0.15) is 13.3 Å². The number of allylic oxidation sites excluding steroid dienone is 2. The zero-order chi connectivity index (χ0) is 9.10. The Morgan fingerprint density at radius 2 is 2.31 bits per heavy atom. The van der Waals surface area contributed by atoms with Crippen molar-refractivity contribution in [3.8, 4) is 0 Å². The number of aliphatic imine (C=N–C) groups is 2. The first-order valence-electron chi connectivity index (χ1n) is 4.47. The van der Waals surface area contributed by atoms with E-state index < -0.39 is 0 Å². The smallest absolute Gasteiger partial charge is 0.0941 e. The van der Waals surface area contributed by atoms with E-state index in [4.69, 9.17) is 0 Å². The van der Waals surface area contributed by atoms with Crippen molar-refractivity contribution in [2.45, 2.75) is 19.4 Å². The van der Waals surface area contributed by atoms with Crippen LogP contribution in [0.15, 0.2) is 46.1 Å². The fourth-order valence-corrected chi connectivity index (χ4v) is 1.40. The molecule has 2 heterocycles. The summed E-state index contributed by atoms with van der Waals surface area (Å²) in [5.41, 5.74) is 2.30. The van der Waals surface area contributed by atoms with Crippen LogP contribution in [0.25, 0.3) is 0 Å². The van der Waals surface area contributed by atoms with Crippen LogP contribution in [0, 0.1) is 0 Å². The highest BCUT2D eigenvalue weighted by Crippen LogP contribution is 2.16. The second-order valence-corrected chi connectivity index (χ2v) is 3.16. The first-order valence-corrected chi connectivity index (χ1v) is 4.47. The van der Waals surface area contributed by atoms with Gasteiger partial charge in [0.2, 0.25) is 0 Å². The average Bonchev–Trinajstić information content (AvgIpc) is 2.13. The molecule has 0 saturated carbocycles. The summed E-state index contributed by atoms with van der Waals surface area (Å²) in [6, 6.07) is 0.182. The standard InChI is InChI=1S/C11H12N2/c1-9-4-5-10-3-2-7-13-11(10)6-8-12-9/h3-8,11H,2H2,1H3/b5-4?,8-6-,12-9?. The third kappa shape index (κ3) is 1.83. The molecule has 0 aromatic carbocycles. The first-order chi connectivity index (χ1) is 6.36. The van der Waals surface area contributed by atoms with E-state index in [9.17, 15) is 0 Å². The lowest BCUT2D eigenvalue weighted by atomic mass is 10.0. The lowest BCUT2D eigenvalue weighted by Crippen LogP contribution is -2.08. The van der Waals surface area contributed by atoms with Crippen LogP contribution in [0.5, 0.6) is 0 Å². The van der Waals surface area contributed by atoms with Crippen molar-refractivity contribution in [2.75, 3.05) is 0 Å². The van der Waals surface area contributed by atoms with Crippen molar-refractivity contribution >= 4 is 11.9 Å². The molecule has 0 N–H and O–H groups in total. The third-order valence-electron chi connectivity index (χ3n) is 2.13. The van der Waals surface area contributed by atoms with Gasteiger partial charge in [-0.3, -0.25) is 9.98 Å². The second-order valence-electron chi connectivity index (χ2n) is 3.16. The molecule has 0 amide bonds. The summed E-state index contributed by atoms with van der Waals surface area (Å²) in [6.07, 6.45) is 13.1. The van der Waals surface area contributed by atoms with Gasteiger partial charge in [0.1, 0.15) is 0 Å². The highest BCUT2D eigenvalue weighted by Gasteiger charge is 2.09. The van der Waals surface area contributed by atoms with E-state index in [-0.39, 0.29) is 6.04 Å². The maximum Gasteiger partial charge on any atom is 0.0941 e. The highest BCUT2D eigenvalue weighted by atomic mass is 14.8. The van der Waals surface area contributed by atoms with Gasteiger partial charge in [-0.15, -0.1) is 0 Å². The molecule has 0 aromatic heterocycles. The molecular formula is C11H12N2. The number of fused-ring (bicyclic) bond motifs is 1. The van der Waals surface area contributed by atoms with Gasteiger partial charge < -0.3 is 0 Å². The zero-order valence-corrected chi connectivity index (χ0v) is 7.64. The van der Waals surface area contributed by atoms with E-state index in [1.54, 1.807) is 0 Å². The van der Waals surface area contributed by atoms with Gasteiger partial charge in [0.15, 0.2) is 0 Å². The summed E-state index contributed by atoms with van der Waals surface area (Å²) >= 11 is 0. The SMILES string of the molecule is CC1=N/C=C\C2N=CCC=C2C=C1. The molecule has 1 unspecified atom stereocenters. The summed E-state index contributed by atoms with van der Waals surface area (Å²) in [4.78, 5) is 8.60. The summed E-state index contributed by atoms with van der Waals surface area (Å²) in [5, 5.41) is 0. The molecule has 0 saturated heterocycles. The predicted molar refractivity (Wildman–Crippen MR) is 56.4 cm³/mol. The molecule has 2 nitrogen and oxygen atoms in total. The summed E-state index contributed by atoms with van der Waals surface area (Å²) in [6.45, 7) is 1.99. The minimum atomic E-state index is 0.182. The molecule has 0 bridgehead atoms. The molecule has 0 spiro atoms. The van der Waals surface area contributed by atoms with Gasteiger partial charge in [-0.05, 0) is 24.6 Å². The number of hydrogen-bond acceptors (Lipinski definition) is 2. The van der Waals surface area contributed by atoms with Crippen LogP contribution in [-0.2, 0) is 0 Å². The summed E-state index contributed by atoms with van der Waals surface area (Å²) in [5.74, 6) is 0. The van der Waals surface area contributed by atoms with E-state index >= 15 is 0 Å². The van der Waals surface area contributed by atoms with E-state index in [2.05, 4.69) is 22.1 Å². The van der Waals surface area contributed by atoms with Crippen LogP contribution in [0.3, 0.4) is 0 Å². The minimum absolute atomic E-state index is 0.182. The van der Waals surface area contributed by atoms with Gasteiger partial charge in [0, 0.05) is 24.5 Å². The number of dihydropyridines is 1. The summed E-state index contributed by atoms with van der Waals surface area (Å²) in [7, 11) is 0. The van der Waals surface area contributed by atoms with E-state index in [1.165, 1.54) is 5.57 Å². The van der Waals surface area contributed by atoms with E-state index in [0.717, 1.165) is 12.1 Å². The Bertz CT molecular complexity index is 343. The van der Waals surface area contributed by atoms with Crippen molar-refractivity contribution < 1.29 is 0 Å². The normalized spacial score (nSPS) is 28.2. The fourth-order valence-electron chi connectivity index (χ4n) is 1.40.